The molecular weight excluding hydrogens is 198 g/mol. The number of rotatable bonds is 4. The van der Waals surface area contributed by atoms with Gasteiger partial charge in [0.25, 0.3) is 0 Å². The van der Waals surface area contributed by atoms with Gasteiger partial charge >= 0.3 is 10.4 Å². The number of nitrogens with one attached hydrogen (secondary N) is 1. The average molecular weight is 215 g/mol. The van der Waals surface area contributed by atoms with E-state index in [4.69, 9.17) is 22.6 Å². The highest BCUT2D eigenvalue weighted by atomic mass is 32.3. The predicted octanol–water partition coefficient (Wildman–Crippen LogP) is 0.0616. The van der Waals surface area contributed by atoms with Crippen LogP contribution in [0, 0.1) is 0 Å². The smallest absolute Gasteiger partial charge is 0.379 e. The van der Waals surface area contributed by atoms with Gasteiger partial charge in [-0.3, -0.25) is 14.4 Å². The summed E-state index contributed by atoms with van der Waals surface area (Å²) in [6.07, 6.45) is 1.98. The van der Waals surface area contributed by atoms with Crippen molar-refractivity contribution in [3.8, 4) is 0 Å². The topological polar surface area (TPSA) is 107 Å². The molecule has 1 atom stereocenters. The molecular formula is C6H17NO5S. The second-order valence-electron chi connectivity index (χ2n) is 2.43. The van der Waals surface area contributed by atoms with Crippen molar-refractivity contribution in [2.75, 3.05) is 6.54 Å². The van der Waals surface area contributed by atoms with Gasteiger partial charge in [0.2, 0.25) is 0 Å². The molecule has 0 heterocycles. The monoisotopic (exact) mass is 215 g/mol. The van der Waals surface area contributed by atoms with Gasteiger partial charge in [0.1, 0.15) is 6.23 Å². The molecule has 4 N–H and O–H groups in total. The lowest BCUT2D eigenvalue weighted by Gasteiger charge is -2.04. The number of unbranched alkanes of at least 4 members (excludes halogenated alkanes) is 1. The zero-order chi connectivity index (χ0) is 10.9. The SMILES string of the molecule is CCCCNC(C)O.O=S(=O)(O)O. The van der Waals surface area contributed by atoms with Crippen molar-refractivity contribution in [2.24, 2.45) is 0 Å². The highest BCUT2D eigenvalue weighted by Gasteiger charge is 1.89. The Balaban J connectivity index is 0. The van der Waals surface area contributed by atoms with Gasteiger partial charge in [-0.25, -0.2) is 0 Å². The van der Waals surface area contributed by atoms with Crippen molar-refractivity contribution in [3.63, 3.8) is 0 Å². The lowest BCUT2D eigenvalue weighted by Crippen LogP contribution is -2.25. The molecule has 0 radical (unpaired) electrons. The first-order valence-corrected chi connectivity index (χ1v) is 5.28. The maximum absolute atomic E-state index is 8.74. The van der Waals surface area contributed by atoms with Crippen LogP contribution in [0.2, 0.25) is 0 Å². The molecule has 0 aliphatic rings. The van der Waals surface area contributed by atoms with Crippen LogP contribution >= 0.6 is 0 Å². The van der Waals surface area contributed by atoms with Crippen LogP contribution in [0.25, 0.3) is 0 Å². The Hall–Kier alpha value is -0.210. The molecule has 7 heteroatoms. The molecule has 82 valence electrons. The van der Waals surface area contributed by atoms with Gasteiger partial charge in [-0.2, -0.15) is 8.42 Å². The van der Waals surface area contributed by atoms with Crippen LogP contribution < -0.4 is 5.32 Å². The van der Waals surface area contributed by atoms with Crippen LogP contribution in [-0.4, -0.2) is 35.4 Å². The summed E-state index contributed by atoms with van der Waals surface area (Å²) in [4.78, 5) is 0. The quantitative estimate of drug-likeness (QED) is 0.300. The minimum Gasteiger partial charge on any atom is -0.379 e. The van der Waals surface area contributed by atoms with Gasteiger partial charge in [0.05, 0.1) is 0 Å². The Morgan fingerprint density at radius 1 is 1.38 bits per heavy atom. The minimum atomic E-state index is -4.67. The fraction of sp³-hybridized carbons (Fsp3) is 1.00. The van der Waals surface area contributed by atoms with E-state index >= 15 is 0 Å². The molecule has 1 unspecified atom stereocenters. The van der Waals surface area contributed by atoms with Crippen molar-refractivity contribution in [1.82, 2.24) is 5.32 Å². The minimum absolute atomic E-state index is 0.346. The number of aliphatic hydroxyl groups excluding tert-OH is 1. The molecule has 13 heavy (non-hydrogen) atoms. The van der Waals surface area contributed by atoms with E-state index in [2.05, 4.69) is 12.2 Å². The second kappa shape index (κ2) is 8.39. The van der Waals surface area contributed by atoms with Gasteiger partial charge in [-0.15, -0.1) is 0 Å². The molecule has 0 bridgehead atoms. The maximum atomic E-state index is 8.74. The van der Waals surface area contributed by atoms with Crippen molar-refractivity contribution in [2.45, 2.75) is 32.9 Å². The number of hydrogen-bond donors (Lipinski definition) is 4. The standard InChI is InChI=1S/C6H15NO.H2O4S/c1-3-4-5-7-6(2)8;1-5(2,3)4/h6-8H,3-5H2,1-2H3;(H2,1,2,3,4). The van der Waals surface area contributed by atoms with E-state index in [1.807, 2.05) is 0 Å². The third-order valence-corrected chi connectivity index (χ3v) is 0.970. The van der Waals surface area contributed by atoms with Crippen molar-refractivity contribution < 1.29 is 22.6 Å². The Kier molecular flexibility index (Phi) is 9.86. The first-order chi connectivity index (χ1) is 5.77. The van der Waals surface area contributed by atoms with Crippen molar-refractivity contribution in [1.29, 1.82) is 0 Å². The summed E-state index contributed by atoms with van der Waals surface area (Å²) >= 11 is 0. The molecule has 0 amide bonds. The van der Waals surface area contributed by atoms with Crippen LogP contribution in [0.5, 0.6) is 0 Å². The average Bonchev–Trinajstić information content (AvgIpc) is 1.83. The second-order valence-corrected chi connectivity index (χ2v) is 3.33. The summed E-state index contributed by atoms with van der Waals surface area (Å²) in [5.41, 5.74) is 0. The molecule has 0 aromatic carbocycles. The van der Waals surface area contributed by atoms with Crippen LogP contribution in [0.4, 0.5) is 0 Å². The van der Waals surface area contributed by atoms with Gasteiger partial charge < -0.3 is 5.11 Å². The molecule has 0 aliphatic heterocycles. The molecule has 0 aromatic rings. The van der Waals surface area contributed by atoms with Gasteiger partial charge in [-0.1, -0.05) is 13.3 Å². The molecule has 0 fully saturated rings. The molecule has 0 aromatic heterocycles. The summed E-state index contributed by atoms with van der Waals surface area (Å²) in [5, 5.41) is 11.6. The molecule has 0 saturated carbocycles. The van der Waals surface area contributed by atoms with Gasteiger partial charge in [0, 0.05) is 0 Å². The summed E-state index contributed by atoms with van der Waals surface area (Å²) in [6.45, 7) is 4.79. The fourth-order valence-corrected chi connectivity index (χ4v) is 0.488. The van der Waals surface area contributed by atoms with E-state index in [0.29, 0.717) is 0 Å². The maximum Gasteiger partial charge on any atom is 0.394 e. The van der Waals surface area contributed by atoms with E-state index in [-0.39, 0.29) is 6.23 Å². The third kappa shape index (κ3) is 49.3. The molecule has 0 rings (SSSR count). The largest absolute Gasteiger partial charge is 0.394 e. The highest BCUT2D eigenvalue weighted by molar-refractivity contribution is 7.79. The zero-order valence-electron chi connectivity index (χ0n) is 7.77. The molecule has 6 nitrogen and oxygen atoms in total. The lowest BCUT2D eigenvalue weighted by atomic mass is 10.3. The normalized spacial score (nSPS) is 13.0. The van der Waals surface area contributed by atoms with Crippen LogP contribution in [0.15, 0.2) is 0 Å². The number of aliphatic hydroxyl groups is 1. The Bertz CT molecular complexity index is 181. The van der Waals surface area contributed by atoms with Gasteiger partial charge in [-0.05, 0) is 19.9 Å². The fourth-order valence-electron chi connectivity index (χ4n) is 0.488. The summed E-state index contributed by atoms with van der Waals surface area (Å²) < 4.78 is 31.6. The Morgan fingerprint density at radius 2 is 1.77 bits per heavy atom. The van der Waals surface area contributed by atoms with E-state index in [9.17, 15) is 0 Å². The van der Waals surface area contributed by atoms with Crippen molar-refractivity contribution in [3.05, 3.63) is 0 Å². The summed E-state index contributed by atoms with van der Waals surface area (Å²) in [5.74, 6) is 0. The van der Waals surface area contributed by atoms with Gasteiger partial charge in [0.15, 0.2) is 0 Å². The molecule has 0 saturated heterocycles. The predicted molar refractivity (Wildman–Crippen MR) is 48.8 cm³/mol. The van der Waals surface area contributed by atoms with Crippen LogP contribution in [0.3, 0.4) is 0 Å². The zero-order valence-corrected chi connectivity index (χ0v) is 8.58. The third-order valence-electron chi connectivity index (χ3n) is 0.970. The Morgan fingerprint density at radius 3 is 2.00 bits per heavy atom. The lowest BCUT2D eigenvalue weighted by molar-refractivity contribution is 0.156. The first-order valence-electron chi connectivity index (χ1n) is 3.88. The molecule has 0 aliphatic carbocycles. The van der Waals surface area contributed by atoms with Crippen molar-refractivity contribution >= 4 is 10.4 Å². The van der Waals surface area contributed by atoms with Crippen LogP contribution in [0.1, 0.15) is 26.7 Å². The van der Waals surface area contributed by atoms with Crippen LogP contribution in [-0.2, 0) is 10.4 Å². The summed E-state index contributed by atoms with van der Waals surface area (Å²) in [7, 11) is -4.67. The highest BCUT2D eigenvalue weighted by Crippen LogP contribution is 1.82. The Labute approximate surface area is 78.5 Å². The van der Waals surface area contributed by atoms with E-state index in [0.717, 1.165) is 13.0 Å². The van der Waals surface area contributed by atoms with E-state index < -0.39 is 10.4 Å². The summed E-state index contributed by atoms with van der Waals surface area (Å²) in [6, 6.07) is 0. The van der Waals surface area contributed by atoms with E-state index in [1.165, 1.54) is 6.42 Å². The molecule has 0 spiro atoms. The van der Waals surface area contributed by atoms with E-state index in [1.54, 1.807) is 6.92 Å². The number of hydrogen-bond acceptors (Lipinski definition) is 4. The first kappa shape index (κ1) is 15.3.